The van der Waals surface area contributed by atoms with Gasteiger partial charge in [-0.25, -0.2) is 5.48 Å². The summed E-state index contributed by atoms with van der Waals surface area (Å²) in [6, 6.07) is 3.85. The van der Waals surface area contributed by atoms with Crippen LogP contribution in [0.2, 0.25) is 0 Å². The second kappa shape index (κ2) is 10.00. The topological polar surface area (TPSA) is 81.7 Å². The van der Waals surface area contributed by atoms with Crippen LogP contribution in [-0.4, -0.2) is 35.9 Å². The minimum atomic E-state index is -0.603. The smallest absolute Gasteiger partial charge is 0.267 e. The Morgan fingerprint density at radius 1 is 1.25 bits per heavy atom. The van der Waals surface area contributed by atoms with Gasteiger partial charge in [-0.3, -0.25) is 14.8 Å². The van der Waals surface area contributed by atoms with Gasteiger partial charge < -0.3 is 10.2 Å². The predicted molar refractivity (Wildman–Crippen MR) is 99.7 cm³/mol. The van der Waals surface area contributed by atoms with Gasteiger partial charge in [-0.15, -0.1) is 11.8 Å². The molecule has 0 aliphatic carbocycles. The van der Waals surface area contributed by atoms with Gasteiger partial charge in [-0.2, -0.15) is 0 Å². The summed E-state index contributed by atoms with van der Waals surface area (Å²) in [6.07, 6.45) is 2.89. The molecule has 1 aromatic rings. The lowest BCUT2D eigenvalue weighted by molar-refractivity contribution is -0.124. The normalized spacial score (nSPS) is 10.7. The fourth-order valence-corrected chi connectivity index (χ4v) is 3.15. The van der Waals surface area contributed by atoms with Crippen LogP contribution in [0.15, 0.2) is 23.1 Å². The Kier molecular flexibility index (Phi) is 8.35. The number of nitrogens with one attached hydrogen (secondary N) is 2. The Balaban J connectivity index is 3.54. The van der Waals surface area contributed by atoms with Gasteiger partial charge in [0, 0.05) is 36.5 Å². The highest BCUT2D eigenvalue weighted by Gasteiger charge is 2.18. The molecule has 1 rings (SSSR count). The molecule has 2 amide bonds. The van der Waals surface area contributed by atoms with Gasteiger partial charge in [-0.1, -0.05) is 13.0 Å². The van der Waals surface area contributed by atoms with Crippen molar-refractivity contribution in [1.29, 1.82) is 0 Å². The maximum absolute atomic E-state index is 11.7. The SMILES string of the molecule is CCSc1ccc(C=CC(=O)NO)c(N(CC)CC)c1NC(C)=O. The maximum Gasteiger partial charge on any atom is 0.267 e. The highest BCUT2D eigenvalue weighted by atomic mass is 32.2. The molecule has 0 saturated carbocycles. The number of hydroxylamine groups is 1. The van der Waals surface area contributed by atoms with Crippen molar-refractivity contribution in [2.75, 3.05) is 29.1 Å². The lowest BCUT2D eigenvalue weighted by atomic mass is 10.1. The van der Waals surface area contributed by atoms with E-state index in [0.717, 1.165) is 40.7 Å². The fraction of sp³-hybridized carbons (Fsp3) is 0.412. The molecular formula is C17H25N3O3S. The van der Waals surface area contributed by atoms with Crippen LogP contribution in [0.3, 0.4) is 0 Å². The van der Waals surface area contributed by atoms with E-state index < -0.39 is 5.91 Å². The van der Waals surface area contributed by atoms with Crippen LogP contribution < -0.4 is 15.7 Å². The highest BCUT2D eigenvalue weighted by Crippen LogP contribution is 2.39. The molecular weight excluding hydrogens is 326 g/mol. The quantitative estimate of drug-likeness (QED) is 0.290. The standard InChI is InChI=1S/C17H25N3O3S/c1-5-20(6-2)17-13(9-11-15(22)19-23)8-10-14(24-7-3)16(17)18-12(4)21/h8-11,23H,5-7H2,1-4H3,(H,18,21)(H,19,22). The summed E-state index contributed by atoms with van der Waals surface area (Å²) >= 11 is 1.65. The zero-order chi connectivity index (χ0) is 18.1. The van der Waals surface area contributed by atoms with Gasteiger partial charge in [0.1, 0.15) is 0 Å². The van der Waals surface area contributed by atoms with Gasteiger partial charge in [0.2, 0.25) is 5.91 Å². The number of anilines is 2. The van der Waals surface area contributed by atoms with Crippen molar-refractivity contribution >= 4 is 41.0 Å². The number of carbonyl (C=O) groups excluding carboxylic acids is 2. The third-order valence-electron chi connectivity index (χ3n) is 3.38. The monoisotopic (exact) mass is 351 g/mol. The average molecular weight is 351 g/mol. The summed E-state index contributed by atoms with van der Waals surface area (Å²) in [5, 5.41) is 11.6. The Labute approximate surface area is 147 Å². The summed E-state index contributed by atoms with van der Waals surface area (Å²) < 4.78 is 0. The van der Waals surface area contributed by atoms with Crippen LogP contribution in [0.1, 0.15) is 33.3 Å². The summed E-state index contributed by atoms with van der Waals surface area (Å²) in [5.74, 6) is 0.135. The van der Waals surface area contributed by atoms with E-state index in [9.17, 15) is 9.59 Å². The molecule has 0 heterocycles. The number of amides is 2. The molecule has 0 unspecified atom stereocenters. The number of hydrogen-bond donors (Lipinski definition) is 3. The Bertz CT molecular complexity index is 613. The van der Waals surface area contributed by atoms with E-state index in [1.165, 1.54) is 13.0 Å². The molecule has 132 valence electrons. The van der Waals surface area contributed by atoms with Crippen molar-refractivity contribution < 1.29 is 14.8 Å². The van der Waals surface area contributed by atoms with E-state index >= 15 is 0 Å². The Morgan fingerprint density at radius 3 is 2.42 bits per heavy atom. The van der Waals surface area contributed by atoms with Gasteiger partial charge >= 0.3 is 0 Å². The molecule has 1 aromatic carbocycles. The van der Waals surface area contributed by atoms with E-state index in [4.69, 9.17) is 5.21 Å². The lowest BCUT2D eigenvalue weighted by Crippen LogP contribution is -2.25. The Morgan fingerprint density at radius 2 is 1.92 bits per heavy atom. The zero-order valence-corrected chi connectivity index (χ0v) is 15.4. The number of nitrogens with zero attached hydrogens (tertiary/aromatic N) is 1. The van der Waals surface area contributed by atoms with E-state index in [2.05, 4.69) is 17.1 Å². The lowest BCUT2D eigenvalue weighted by Gasteiger charge is -2.27. The largest absolute Gasteiger partial charge is 0.370 e. The van der Waals surface area contributed by atoms with Crippen LogP contribution in [0.25, 0.3) is 6.08 Å². The summed E-state index contributed by atoms with van der Waals surface area (Å²) in [5.41, 5.74) is 4.00. The van der Waals surface area contributed by atoms with E-state index in [-0.39, 0.29) is 5.91 Å². The second-order valence-electron chi connectivity index (χ2n) is 4.97. The van der Waals surface area contributed by atoms with Crippen LogP contribution in [0, 0.1) is 0 Å². The molecule has 3 N–H and O–H groups in total. The third-order valence-corrected chi connectivity index (χ3v) is 4.32. The van der Waals surface area contributed by atoms with Crippen LogP contribution >= 0.6 is 11.8 Å². The number of rotatable bonds is 8. The molecule has 7 heteroatoms. The first-order valence-corrected chi connectivity index (χ1v) is 8.91. The molecule has 0 aliphatic rings. The average Bonchev–Trinajstić information content (AvgIpc) is 2.56. The molecule has 0 saturated heterocycles. The molecule has 0 atom stereocenters. The summed E-state index contributed by atoms with van der Waals surface area (Å²) in [7, 11) is 0. The number of hydrogen-bond acceptors (Lipinski definition) is 5. The number of thioether (sulfide) groups is 1. The summed E-state index contributed by atoms with van der Waals surface area (Å²) in [6.45, 7) is 9.13. The second-order valence-corrected chi connectivity index (χ2v) is 6.28. The van der Waals surface area contributed by atoms with E-state index in [1.54, 1.807) is 23.3 Å². The van der Waals surface area contributed by atoms with Crippen molar-refractivity contribution in [3.8, 4) is 0 Å². The van der Waals surface area contributed by atoms with Gasteiger partial charge in [-0.05, 0) is 31.7 Å². The van der Waals surface area contributed by atoms with Gasteiger partial charge in [0.15, 0.2) is 0 Å². The molecule has 0 bridgehead atoms. The van der Waals surface area contributed by atoms with Crippen LogP contribution in [-0.2, 0) is 9.59 Å². The molecule has 0 radical (unpaired) electrons. The third kappa shape index (κ3) is 5.28. The van der Waals surface area contributed by atoms with Crippen molar-refractivity contribution in [3.05, 3.63) is 23.8 Å². The first-order valence-electron chi connectivity index (χ1n) is 7.92. The van der Waals surface area contributed by atoms with Crippen molar-refractivity contribution in [2.24, 2.45) is 0 Å². The minimum Gasteiger partial charge on any atom is -0.370 e. The van der Waals surface area contributed by atoms with Gasteiger partial charge in [0.25, 0.3) is 5.91 Å². The molecule has 0 aromatic heterocycles. The van der Waals surface area contributed by atoms with Crippen molar-refractivity contribution in [1.82, 2.24) is 5.48 Å². The predicted octanol–water partition coefficient (Wildman–Crippen LogP) is 3.12. The maximum atomic E-state index is 11.7. The van der Waals surface area contributed by atoms with Crippen LogP contribution in [0.4, 0.5) is 11.4 Å². The van der Waals surface area contributed by atoms with Gasteiger partial charge in [0.05, 0.1) is 11.4 Å². The minimum absolute atomic E-state index is 0.143. The van der Waals surface area contributed by atoms with Crippen LogP contribution in [0.5, 0.6) is 0 Å². The number of carbonyl (C=O) groups is 2. The number of benzene rings is 1. The van der Waals surface area contributed by atoms with Crippen molar-refractivity contribution in [3.63, 3.8) is 0 Å². The van der Waals surface area contributed by atoms with Crippen molar-refractivity contribution in [2.45, 2.75) is 32.6 Å². The first kappa shape index (κ1) is 20.1. The van der Waals surface area contributed by atoms with E-state index in [0.29, 0.717) is 0 Å². The molecule has 0 fully saturated rings. The first-order chi connectivity index (χ1) is 11.5. The molecule has 0 spiro atoms. The highest BCUT2D eigenvalue weighted by molar-refractivity contribution is 7.99. The van der Waals surface area contributed by atoms with E-state index in [1.807, 2.05) is 26.0 Å². The molecule has 0 aliphatic heterocycles. The summed E-state index contributed by atoms with van der Waals surface area (Å²) in [4.78, 5) is 26.1. The molecule has 24 heavy (non-hydrogen) atoms. The Hall–Kier alpha value is -1.99. The fourth-order valence-electron chi connectivity index (χ4n) is 2.38. The molecule has 6 nitrogen and oxygen atoms in total. The zero-order valence-electron chi connectivity index (χ0n) is 14.5.